The van der Waals surface area contributed by atoms with Crippen LogP contribution < -0.4 is 15.5 Å². The lowest BCUT2D eigenvalue weighted by atomic mass is 10.3. The summed E-state index contributed by atoms with van der Waals surface area (Å²) >= 11 is 6.12. The van der Waals surface area contributed by atoms with Crippen LogP contribution in [0.5, 0.6) is 0 Å². The van der Waals surface area contributed by atoms with Gasteiger partial charge in [-0.05, 0) is 43.7 Å². The molecular weight excluding hydrogens is 519 g/mol. The molecule has 0 amide bonds. The van der Waals surface area contributed by atoms with Gasteiger partial charge in [-0.15, -0.1) is 24.0 Å². The number of anilines is 1. The van der Waals surface area contributed by atoms with E-state index in [0.717, 1.165) is 47.6 Å². The number of nitrogens with one attached hydrogen (secondary N) is 2. The summed E-state index contributed by atoms with van der Waals surface area (Å²) in [5.41, 5.74) is 1.15. The van der Waals surface area contributed by atoms with Crippen LogP contribution in [0.2, 0.25) is 5.02 Å². The molecule has 29 heavy (non-hydrogen) atoms. The van der Waals surface area contributed by atoms with E-state index in [1.807, 2.05) is 55.5 Å². The maximum absolute atomic E-state index is 12.3. The van der Waals surface area contributed by atoms with Crippen molar-refractivity contribution >= 4 is 58.0 Å². The molecule has 1 heterocycles. The van der Waals surface area contributed by atoms with Crippen LogP contribution in [-0.4, -0.2) is 48.1 Å². The first-order chi connectivity index (χ1) is 13.7. The van der Waals surface area contributed by atoms with Gasteiger partial charge in [0.25, 0.3) is 0 Å². The Hall–Kier alpha value is -1.32. The Kier molecular flexibility index (Phi) is 10.2. The second-order valence-corrected chi connectivity index (χ2v) is 8.69. The molecule has 158 valence electrons. The minimum Gasteiger partial charge on any atom is -0.369 e. The van der Waals surface area contributed by atoms with Crippen LogP contribution in [0.4, 0.5) is 5.69 Å². The van der Waals surface area contributed by atoms with Crippen LogP contribution in [0, 0.1) is 0 Å². The summed E-state index contributed by atoms with van der Waals surface area (Å²) in [5, 5.41) is 7.56. The van der Waals surface area contributed by atoms with E-state index in [9.17, 15) is 4.21 Å². The Balaban J connectivity index is 0.00000300. The van der Waals surface area contributed by atoms with Gasteiger partial charge >= 0.3 is 0 Å². The van der Waals surface area contributed by atoms with Crippen molar-refractivity contribution in [1.82, 2.24) is 10.6 Å². The van der Waals surface area contributed by atoms with E-state index in [-0.39, 0.29) is 24.0 Å². The number of guanidine groups is 1. The van der Waals surface area contributed by atoms with Crippen molar-refractivity contribution in [3.05, 3.63) is 59.6 Å². The van der Waals surface area contributed by atoms with Gasteiger partial charge in [0, 0.05) is 47.0 Å². The lowest BCUT2D eigenvalue weighted by Gasteiger charge is -2.20. The average molecular weight is 547 g/mol. The van der Waals surface area contributed by atoms with Gasteiger partial charge in [-0.2, -0.15) is 0 Å². The molecule has 2 atom stereocenters. The Morgan fingerprint density at radius 3 is 2.76 bits per heavy atom. The highest BCUT2D eigenvalue weighted by Crippen LogP contribution is 2.23. The number of aliphatic imine (C=N–C) groups is 1. The molecule has 0 bridgehead atoms. The second-order valence-electron chi connectivity index (χ2n) is 6.68. The molecule has 5 nitrogen and oxygen atoms in total. The fraction of sp³-hybridized carbons (Fsp3) is 0.381. The van der Waals surface area contributed by atoms with Gasteiger partial charge in [0.05, 0.1) is 17.3 Å². The van der Waals surface area contributed by atoms with E-state index < -0.39 is 10.8 Å². The fourth-order valence-electron chi connectivity index (χ4n) is 3.23. The van der Waals surface area contributed by atoms with Crippen LogP contribution in [0.15, 0.2) is 64.5 Å². The third-order valence-corrected chi connectivity index (χ3v) is 6.19. The summed E-state index contributed by atoms with van der Waals surface area (Å²) in [7, 11) is -1.02. The second kappa shape index (κ2) is 12.4. The van der Waals surface area contributed by atoms with E-state index in [4.69, 9.17) is 11.6 Å². The van der Waals surface area contributed by atoms with E-state index in [0.29, 0.717) is 18.3 Å². The number of nitrogens with zero attached hydrogens (tertiary/aromatic N) is 2. The molecule has 0 saturated carbocycles. The molecular formula is C21H28ClIN4OS. The number of hydrogen-bond acceptors (Lipinski definition) is 3. The molecule has 1 fully saturated rings. The first-order valence-electron chi connectivity index (χ1n) is 9.64. The van der Waals surface area contributed by atoms with Gasteiger partial charge in [-0.3, -0.25) is 9.20 Å². The molecule has 0 aliphatic carbocycles. The van der Waals surface area contributed by atoms with Crippen LogP contribution in [0.25, 0.3) is 0 Å². The largest absolute Gasteiger partial charge is 0.369 e. The highest BCUT2D eigenvalue weighted by molar-refractivity contribution is 14.0. The quantitative estimate of drug-likeness (QED) is 0.314. The molecule has 2 unspecified atom stereocenters. The number of rotatable bonds is 7. The average Bonchev–Trinajstić information content (AvgIpc) is 3.17. The highest BCUT2D eigenvalue weighted by Gasteiger charge is 2.23. The topological polar surface area (TPSA) is 56.7 Å². The monoisotopic (exact) mass is 546 g/mol. The molecule has 8 heteroatoms. The van der Waals surface area contributed by atoms with Gasteiger partial charge in [0.2, 0.25) is 0 Å². The summed E-state index contributed by atoms with van der Waals surface area (Å²) in [4.78, 5) is 7.80. The zero-order valence-electron chi connectivity index (χ0n) is 16.5. The lowest BCUT2D eigenvalue weighted by Crippen LogP contribution is -2.44. The van der Waals surface area contributed by atoms with Crippen LogP contribution >= 0.6 is 35.6 Å². The molecule has 1 aliphatic heterocycles. The van der Waals surface area contributed by atoms with Crippen molar-refractivity contribution < 1.29 is 4.21 Å². The molecule has 2 aromatic rings. The van der Waals surface area contributed by atoms with Crippen molar-refractivity contribution in [2.45, 2.75) is 24.3 Å². The molecule has 2 aromatic carbocycles. The van der Waals surface area contributed by atoms with Crippen LogP contribution in [-0.2, 0) is 10.8 Å². The maximum Gasteiger partial charge on any atom is 0.191 e. The standard InChI is InChI=1S/C21H27ClN4OS.HI/c1-2-23-21(24-12-14-28(27)20-9-4-3-5-10-20)25-18-11-13-26(16-18)19-8-6-7-17(22)15-19;/h3-10,15,18H,2,11-14,16H2,1H3,(H2,23,24,25);1H. The first-order valence-corrected chi connectivity index (χ1v) is 11.3. The predicted molar refractivity (Wildman–Crippen MR) is 134 cm³/mol. The van der Waals surface area contributed by atoms with Crippen molar-refractivity contribution in [2.24, 2.45) is 4.99 Å². The van der Waals surface area contributed by atoms with Crippen LogP contribution in [0.1, 0.15) is 13.3 Å². The molecule has 0 aromatic heterocycles. The van der Waals surface area contributed by atoms with E-state index >= 15 is 0 Å². The molecule has 1 saturated heterocycles. The van der Waals surface area contributed by atoms with E-state index in [1.54, 1.807) is 0 Å². The van der Waals surface area contributed by atoms with Gasteiger partial charge in [0.1, 0.15) is 0 Å². The molecule has 2 N–H and O–H groups in total. The van der Waals surface area contributed by atoms with Gasteiger partial charge in [-0.1, -0.05) is 35.9 Å². The van der Waals surface area contributed by atoms with Crippen molar-refractivity contribution in [1.29, 1.82) is 0 Å². The van der Waals surface area contributed by atoms with E-state index in [1.165, 1.54) is 0 Å². The highest BCUT2D eigenvalue weighted by atomic mass is 127. The van der Waals surface area contributed by atoms with Gasteiger partial charge in [-0.25, -0.2) is 0 Å². The normalized spacial score (nSPS) is 17.5. The minimum absolute atomic E-state index is 0. The van der Waals surface area contributed by atoms with Gasteiger partial charge < -0.3 is 15.5 Å². The predicted octanol–water partition coefficient (Wildman–Crippen LogP) is 3.90. The first kappa shape index (κ1) is 24.0. The zero-order chi connectivity index (χ0) is 19.8. The Morgan fingerprint density at radius 1 is 1.24 bits per heavy atom. The minimum atomic E-state index is -1.02. The van der Waals surface area contributed by atoms with Crippen molar-refractivity contribution in [3.8, 4) is 0 Å². The van der Waals surface area contributed by atoms with Crippen molar-refractivity contribution in [2.75, 3.05) is 36.8 Å². The van der Waals surface area contributed by atoms with Crippen molar-refractivity contribution in [3.63, 3.8) is 0 Å². The third-order valence-electron chi connectivity index (χ3n) is 4.60. The maximum atomic E-state index is 12.3. The summed E-state index contributed by atoms with van der Waals surface area (Å²) < 4.78 is 12.3. The lowest BCUT2D eigenvalue weighted by molar-refractivity contribution is 0.650. The molecule has 0 radical (unpaired) electrons. The molecule has 0 spiro atoms. The summed E-state index contributed by atoms with van der Waals surface area (Å²) in [6, 6.07) is 17.8. The Bertz CT molecular complexity index is 821. The Labute approximate surface area is 197 Å². The SMILES string of the molecule is CCNC(=NCCS(=O)c1ccccc1)NC1CCN(c2cccc(Cl)c2)C1.I. The van der Waals surface area contributed by atoms with Crippen LogP contribution in [0.3, 0.4) is 0 Å². The third kappa shape index (κ3) is 7.46. The summed E-state index contributed by atoms with van der Waals surface area (Å²) in [6.07, 6.45) is 1.03. The summed E-state index contributed by atoms with van der Waals surface area (Å²) in [5.74, 6) is 1.30. The number of benzene rings is 2. The zero-order valence-corrected chi connectivity index (χ0v) is 20.4. The number of hydrogen-bond donors (Lipinski definition) is 2. The van der Waals surface area contributed by atoms with E-state index in [2.05, 4.69) is 26.6 Å². The number of halogens is 2. The summed E-state index contributed by atoms with van der Waals surface area (Å²) in [6.45, 7) is 5.24. The molecule has 3 rings (SSSR count). The Morgan fingerprint density at radius 2 is 2.03 bits per heavy atom. The molecule has 1 aliphatic rings. The smallest absolute Gasteiger partial charge is 0.191 e. The van der Waals surface area contributed by atoms with Gasteiger partial charge in [0.15, 0.2) is 5.96 Å². The fourth-order valence-corrected chi connectivity index (χ4v) is 4.37.